The number of rotatable bonds is 5. The van der Waals surface area contributed by atoms with Crippen molar-refractivity contribution in [1.82, 2.24) is 5.43 Å². The number of hydrazone groups is 1. The van der Waals surface area contributed by atoms with Crippen LogP contribution in [0.15, 0.2) is 23.3 Å². The summed E-state index contributed by atoms with van der Waals surface area (Å²) in [5.41, 5.74) is 3.54. The van der Waals surface area contributed by atoms with Gasteiger partial charge in [0.2, 0.25) is 0 Å². The third-order valence-corrected chi connectivity index (χ3v) is 1.86. The average molecular weight is 219 g/mol. The maximum atomic E-state index is 9.36. The summed E-state index contributed by atoms with van der Waals surface area (Å²) < 4.78 is 4.96. The Labute approximate surface area is 94.0 Å². The Kier molecular flexibility index (Phi) is 4.67. The highest BCUT2D eigenvalue weighted by molar-refractivity contribution is 5.80. The van der Waals surface area contributed by atoms with Crippen molar-refractivity contribution in [2.75, 3.05) is 13.7 Å². The first kappa shape index (κ1) is 11.9. The molecule has 0 aliphatic carbocycles. The van der Waals surface area contributed by atoms with E-state index in [1.807, 2.05) is 6.07 Å². The topological polar surface area (TPSA) is 77.6 Å². The summed E-state index contributed by atoms with van der Waals surface area (Å²) in [7, 11) is 1.49. The Morgan fingerprint density at radius 2 is 2.44 bits per heavy atom. The van der Waals surface area contributed by atoms with Gasteiger partial charge in [0.05, 0.1) is 25.8 Å². The first-order valence-corrected chi connectivity index (χ1v) is 4.78. The third-order valence-electron chi connectivity index (χ3n) is 1.86. The fourth-order valence-electron chi connectivity index (χ4n) is 1.07. The van der Waals surface area contributed by atoms with Crippen LogP contribution in [0.4, 0.5) is 0 Å². The molecule has 0 fully saturated rings. The largest absolute Gasteiger partial charge is 0.504 e. The van der Waals surface area contributed by atoms with E-state index in [-0.39, 0.29) is 5.75 Å². The maximum Gasteiger partial charge on any atom is 0.161 e. The van der Waals surface area contributed by atoms with E-state index >= 15 is 0 Å². The summed E-state index contributed by atoms with van der Waals surface area (Å²) in [4.78, 5) is 0. The first-order chi connectivity index (χ1) is 7.77. The van der Waals surface area contributed by atoms with E-state index < -0.39 is 0 Å². The van der Waals surface area contributed by atoms with Gasteiger partial charge in [-0.15, -0.1) is 0 Å². The quantitative estimate of drug-likeness (QED) is 0.443. The Morgan fingerprint density at radius 3 is 3.12 bits per heavy atom. The smallest absolute Gasteiger partial charge is 0.161 e. The van der Waals surface area contributed by atoms with Crippen molar-refractivity contribution in [3.63, 3.8) is 0 Å². The number of nitrogens with zero attached hydrogens (tertiary/aromatic N) is 2. The van der Waals surface area contributed by atoms with E-state index in [9.17, 15) is 5.11 Å². The van der Waals surface area contributed by atoms with E-state index in [4.69, 9.17) is 10.00 Å². The lowest BCUT2D eigenvalue weighted by atomic mass is 10.2. The molecule has 0 aromatic heterocycles. The summed E-state index contributed by atoms with van der Waals surface area (Å²) in [5, 5.41) is 21.6. The van der Waals surface area contributed by atoms with Crippen LogP contribution < -0.4 is 10.2 Å². The average Bonchev–Trinajstić information content (AvgIpc) is 2.31. The molecule has 1 rings (SSSR count). The van der Waals surface area contributed by atoms with Crippen molar-refractivity contribution < 1.29 is 9.84 Å². The van der Waals surface area contributed by atoms with Gasteiger partial charge in [0, 0.05) is 6.54 Å². The van der Waals surface area contributed by atoms with Crippen molar-refractivity contribution in [2.24, 2.45) is 5.10 Å². The lowest BCUT2D eigenvalue weighted by Gasteiger charge is -2.03. The molecule has 0 spiro atoms. The number of ether oxygens (including phenoxy) is 1. The summed E-state index contributed by atoms with van der Waals surface area (Å²) in [6.07, 6.45) is 2.01. The van der Waals surface area contributed by atoms with Crippen molar-refractivity contribution in [3.05, 3.63) is 23.8 Å². The molecule has 0 heterocycles. The van der Waals surface area contributed by atoms with E-state index in [0.29, 0.717) is 18.7 Å². The summed E-state index contributed by atoms with van der Waals surface area (Å²) in [6, 6.07) is 6.93. The Hall–Kier alpha value is -2.22. The number of phenols is 1. The van der Waals surface area contributed by atoms with Gasteiger partial charge in [0.25, 0.3) is 0 Å². The molecule has 0 unspecified atom stereocenters. The zero-order chi connectivity index (χ0) is 11.8. The van der Waals surface area contributed by atoms with E-state index in [1.165, 1.54) is 13.2 Å². The molecule has 16 heavy (non-hydrogen) atoms. The zero-order valence-electron chi connectivity index (χ0n) is 8.97. The lowest BCUT2D eigenvalue weighted by Crippen LogP contribution is -2.06. The number of benzene rings is 1. The van der Waals surface area contributed by atoms with Crippen molar-refractivity contribution >= 4 is 6.21 Å². The highest BCUT2D eigenvalue weighted by atomic mass is 16.5. The normalized spacial score (nSPS) is 10.0. The maximum absolute atomic E-state index is 9.36. The van der Waals surface area contributed by atoms with Crippen LogP contribution in [0.25, 0.3) is 0 Å². The van der Waals surface area contributed by atoms with Crippen molar-refractivity contribution in [1.29, 1.82) is 5.26 Å². The van der Waals surface area contributed by atoms with Gasteiger partial charge in [-0.3, -0.25) is 0 Å². The number of hydrogen-bond acceptors (Lipinski definition) is 5. The molecule has 2 N–H and O–H groups in total. The Morgan fingerprint density at radius 1 is 1.62 bits per heavy atom. The summed E-state index contributed by atoms with van der Waals surface area (Å²) >= 11 is 0. The molecule has 0 atom stereocenters. The molecular formula is C11H13N3O2. The molecular weight excluding hydrogens is 206 g/mol. The van der Waals surface area contributed by atoms with Gasteiger partial charge in [-0.25, -0.2) is 0 Å². The predicted molar refractivity (Wildman–Crippen MR) is 60.5 cm³/mol. The van der Waals surface area contributed by atoms with Gasteiger partial charge >= 0.3 is 0 Å². The highest BCUT2D eigenvalue weighted by Gasteiger charge is 2.00. The van der Waals surface area contributed by atoms with Crippen LogP contribution in [-0.2, 0) is 0 Å². The molecule has 0 aliphatic rings. The van der Waals surface area contributed by atoms with Crippen LogP contribution in [0, 0.1) is 11.3 Å². The fraction of sp³-hybridized carbons (Fsp3) is 0.273. The first-order valence-electron chi connectivity index (χ1n) is 4.78. The Balaban J connectivity index is 2.57. The number of aromatic hydroxyl groups is 1. The molecule has 0 saturated heterocycles. The minimum atomic E-state index is 0.0945. The third kappa shape index (κ3) is 3.50. The van der Waals surface area contributed by atoms with Crippen LogP contribution in [-0.4, -0.2) is 25.0 Å². The SMILES string of the molecule is COc1cc(/C=N\NCCC#N)ccc1O. The fourth-order valence-corrected chi connectivity index (χ4v) is 1.07. The van der Waals surface area contributed by atoms with Gasteiger partial charge in [-0.05, 0) is 23.8 Å². The summed E-state index contributed by atoms with van der Waals surface area (Å²) in [6.45, 7) is 0.516. The predicted octanol–water partition coefficient (Wildman–Crippen LogP) is 1.24. The molecule has 0 amide bonds. The molecule has 5 heteroatoms. The van der Waals surface area contributed by atoms with Crippen LogP contribution in [0.5, 0.6) is 11.5 Å². The molecule has 0 saturated carbocycles. The number of nitriles is 1. The molecule has 0 aliphatic heterocycles. The highest BCUT2D eigenvalue weighted by Crippen LogP contribution is 2.25. The summed E-state index contributed by atoms with van der Waals surface area (Å²) in [5.74, 6) is 0.498. The Bertz CT molecular complexity index is 410. The standard InChI is InChI=1S/C11H13N3O2/c1-16-11-7-9(3-4-10(11)15)8-14-13-6-2-5-12/h3-4,7-8,13,15H,2,6H2,1H3/b14-8-. The molecule has 1 aromatic carbocycles. The monoisotopic (exact) mass is 219 g/mol. The number of methoxy groups -OCH3 is 1. The van der Waals surface area contributed by atoms with Crippen LogP contribution in [0.2, 0.25) is 0 Å². The van der Waals surface area contributed by atoms with Crippen LogP contribution in [0.3, 0.4) is 0 Å². The second-order valence-electron chi connectivity index (χ2n) is 3.01. The number of hydrogen-bond donors (Lipinski definition) is 2. The minimum Gasteiger partial charge on any atom is -0.504 e. The van der Waals surface area contributed by atoms with E-state index in [1.54, 1.807) is 18.3 Å². The van der Waals surface area contributed by atoms with Crippen molar-refractivity contribution in [2.45, 2.75) is 6.42 Å². The number of nitrogens with one attached hydrogen (secondary N) is 1. The van der Waals surface area contributed by atoms with Crippen LogP contribution >= 0.6 is 0 Å². The van der Waals surface area contributed by atoms with Gasteiger partial charge in [-0.2, -0.15) is 10.4 Å². The lowest BCUT2D eigenvalue weighted by molar-refractivity contribution is 0.373. The molecule has 5 nitrogen and oxygen atoms in total. The second kappa shape index (κ2) is 6.30. The van der Waals surface area contributed by atoms with Gasteiger partial charge in [0.1, 0.15) is 0 Å². The second-order valence-corrected chi connectivity index (χ2v) is 3.01. The number of phenolic OH excluding ortho intramolecular Hbond substituents is 1. The molecule has 0 radical (unpaired) electrons. The van der Waals surface area contributed by atoms with Crippen LogP contribution in [0.1, 0.15) is 12.0 Å². The minimum absolute atomic E-state index is 0.0945. The van der Waals surface area contributed by atoms with Crippen molar-refractivity contribution in [3.8, 4) is 17.6 Å². The van der Waals surface area contributed by atoms with Gasteiger partial charge in [0.15, 0.2) is 11.5 Å². The zero-order valence-corrected chi connectivity index (χ0v) is 8.97. The van der Waals surface area contributed by atoms with Gasteiger partial charge < -0.3 is 15.3 Å². The molecule has 84 valence electrons. The van der Waals surface area contributed by atoms with E-state index in [2.05, 4.69) is 10.5 Å². The van der Waals surface area contributed by atoms with E-state index in [0.717, 1.165) is 5.56 Å². The van der Waals surface area contributed by atoms with Gasteiger partial charge in [-0.1, -0.05) is 0 Å². The molecule has 0 bridgehead atoms. The molecule has 1 aromatic rings.